The minimum absolute atomic E-state index is 0.0133. The highest BCUT2D eigenvalue weighted by Crippen LogP contribution is 2.43. The molecule has 2 fully saturated rings. The third-order valence-electron chi connectivity index (χ3n) is 14.0. The second-order valence-electron chi connectivity index (χ2n) is 18.7. The van der Waals surface area contributed by atoms with Gasteiger partial charge in [-0.05, 0) is 145 Å². The van der Waals surface area contributed by atoms with Crippen molar-refractivity contribution in [2.45, 2.75) is 120 Å². The van der Waals surface area contributed by atoms with E-state index in [1.54, 1.807) is 23.1 Å². The number of thiophene rings is 1. The number of halogens is 2. The number of nitrogens with one attached hydrogen (secondary N) is 4. The Labute approximate surface area is 411 Å². The van der Waals surface area contributed by atoms with Crippen LogP contribution in [0.1, 0.15) is 105 Å². The maximum absolute atomic E-state index is 12.6. The molecule has 0 bridgehead atoms. The highest BCUT2D eigenvalue weighted by Gasteiger charge is 2.40. The van der Waals surface area contributed by atoms with Crippen LogP contribution in [0.4, 0.5) is 0 Å². The Balaban J connectivity index is 0.000000222. The van der Waals surface area contributed by atoms with Crippen molar-refractivity contribution >= 4 is 69.1 Å². The van der Waals surface area contributed by atoms with E-state index < -0.39 is 0 Å². The highest BCUT2D eigenvalue weighted by atomic mass is 35.5. The smallest absolute Gasteiger partial charge is 0.222 e. The van der Waals surface area contributed by atoms with Crippen molar-refractivity contribution in [1.29, 1.82) is 0 Å². The van der Waals surface area contributed by atoms with E-state index in [2.05, 4.69) is 119 Å². The monoisotopic (exact) mass is 969 g/mol. The number of aromatic amines is 1. The fraction of sp³-hybridized carbons (Fsp3) is 0.472. The number of fused-ring (bicyclic) bond motifs is 1. The molecule has 360 valence electrons. The molecule has 2 aliphatic rings. The molecular formula is C53H69Cl2N7O4S. The molecule has 5 aromatic rings. The summed E-state index contributed by atoms with van der Waals surface area (Å²) in [5.41, 5.74) is 4.53. The molecule has 0 radical (unpaired) electrons. The zero-order chi connectivity index (χ0) is 48.0. The summed E-state index contributed by atoms with van der Waals surface area (Å²) >= 11 is 13.9. The largest absolute Gasteiger partial charge is 0.361 e. The second-order valence-corrected chi connectivity index (χ2v) is 20.5. The number of aromatic nitrogens is 1. The van der Waals surface area contributed by atoms with Crippen molar-refractivity contribution in [3.05, 3.63) is 128 Å². The molecule has 2 heterocycles. The Kier molecular flexibility index (Phi) is 18.9. The van der Waals surface area contributed by atoms with E-state index in [-0.39, 0.29) is 59.6 Å². The van der Waals surface area contributed by atoms with E-state index in [0.717, 1.165) is 68.9 Å². The SMILES string of the molecule is CN(C)C1(c2cccs2)CCC(NC(=O)CCCC(=O)NCc2cc(Cl)ccc2Cl)CC1.CN(CCc1c[nH]c2ccccc12)C(=O)CCC(=O)NC1CCC(c2ccccc2)(N(C)C)CC1. The Hall–Kier alpha value is -4.72. The molecule has 2 aliphatic carbocycles. The van der Waals surface area contributed by atoms with Crippen molar-refractivity contribution in [2.75, 3.05) is 41.8 Å². The molecule has 0 aliphatic heterocycles. The van der Waals surface area contributed by atoms with E-state index in [4.69, 9.17) is 23.2 Å². The van der Waals surface area contributed by atoms with Gasteiger partial charge in [0.25, 0.3) is 0 Å². The molecule has 0 saturated heterocycles. The van der Waals surface area contributed by atoms with Crippen molar-refractivity contribution in [2.24, 2.45) is 0 Å². The number of para-hydroxylation sites is 1. The Bertz CT molecular complexity index is 2370. The van der Waals surface area contributed by atoms with Crippen molar-refractivity contribution in [1.82, 2.24) is 35.6 Å². The minimum Gasteiger partial charge on any atom is -0.361 e. The lowest BCUT2D eigenvalue weighted by Gasteiger charge is -2.45. The molecule has 14 heteroatoms. The van der Waals surface area contributed by atoms with E-state index in [0.29, 0.717) is 42.4 Å². The summed E-state index contributed by atoms with van der Waals surface area (Å²) in [6, 6.07) is 28.7. The number of likely N-dealkylation sites (N-methyl/N-ethyl adjacent to an activating group) is 1. The normalized spacial score (nSPS) is 20.5. The standard InChI is InChI=1S/C29H38N4O2.C24H31Cl2N3O2S/c1-32(2)29(23-9-5-4-6-10-23)18-15-24(16-19-29)31-27(34)13-14-28(35)33(3)20-17-22-21-30-26-12-8-7-11-25(22)26;1-29(2)24(21-5-4-14-32-21)12-10-19(11-13-24)28-23(31)7-3-6-22(30)27-16-17-15-18(25)8-9-20(17)26/h4-12,21,24,30H,13-20H2,1-3H3,(H,31,34);4-5,8-9,14-15,19H,3,6-7,10-13,16H2,1-2H3,(H,27,30)(H,28,31). The quantitative estimate of drug-likeness (QED) is 0.0693. The zero-order valence-electron chi connectivity index (χ0n) is 39.8. The lowest BCUT2D eigenvalue weighted by Crippen LogP contribution is -2.48. The summed E-state index contributed by atoms with van der Waals surface area (Å²) in [6.45, 7) is 0.960. The second kappa shape index (κ2) is 24.5. The van der Waals surface area contributed by atoms with Crippen LogP contribution in [-0.2, 0) is 43.2 Å². The van der Waals surface area contributed by atoms with Crippen LogP contribution in [0.3, 0.4) is 0 Å². The van der Waals surface area contributed by atoms with Gasteiger partial charge in [0.2, 0.25) is 23.6 Å². The van der Waals surface area contributed by atoms with Gasteiger partial charge in [0.05, 0.1) is 5.54 Å². The molecule has 7 rings (SSSR count). The highest BCUT2D eigenvalue weighted by molar-refractivity contribution is 7.10. The van der Waals surface area contributed by atoms with Gasteiger partial charge in [-0.25, -0.2) is 0 Å². The lowest BCUT2D eigenvalue weighted by atomic mass is 9.74. The molecule has 2 saturated carbocycles. The summed E-state index contributed by atoms with van der Waals surface area (Å²) in [6.07, 6.45) is 12.3. The van der Waals surface area contributed by atoms with Crippen molar-refractivity contribution in [3.63, 3.8) is 0 Å². The third kappa shape index (κ3) is 13.9. The number of amides is 4. The first-order valence-corrected chi connectivity index (χ1v) is 25.4. The first kappa shape index (κ1) is 51.7. The van der Waals surface area contributed by atoms with Gasteiger partial charge in [0.15, 0.2) is 0 Å². The maximum atomic E-state index is 12.6. The van der Waals surface area contributed by atoms with E-state index in [1.165, 1.54) is 21.4 Å². The molecule has 4 amide bonds. The maximum Gasteiger partial charge on any atom is 0.222 e. The van der Waals surface area contributed by atoms with Crippen LogP contribution >= 0.6 is 34.5 Å². The molecule has 3 aromatic carbocycles. The Morgan fingerprint density at radius 2 is 1.30 bits per heavy atom. The van der Waals surface area contributed by atoms with E-state index in [1.807, 2.05) is 36.7 Å². The minimum atomic E-state index is -0.0989. The molecule has 0 spiro atoms. The number of hydrogen-bond acceptors (Lipinski definition) is 7. The van der Waals surface area contributed by atoms with Gasteiger partial charge in [-0.3, -0.25) is 29.0 Å². The van der Waals surface area contributed by atoms with Gasteiger partial charge < -0.3 is 25.8 Å². The Morgan fingerprint density at radius 1 is 0.687 bits per heavy atom. The fourth-order valence-corrected chi connectivity index (χ4v) is 11.3. The van der Waals surface area contributed by atoms with Crippen LogP contribution in [0, 0.1) is 0 Å². The fourth-order valence-electron chi connectivity index (χ4n) is 9.81. The molecule has 67 heavy (non-hydrogen) atoms. The molecule has 0 atom stereocenters. The number of carbonyl (C=O) groups excluding carboxylic acids is 4. The Morgan fingerprint density at radius 3 is 1.94 bits per heavy atom. The number of H-pyrrole nitrogens is 1. The van der Waals surface area contributed by atoms with Crippen LogP contribution in [0.2, 0.25) is 10.0 Å². The van der Waals surface area contributed by atoms with Crippen LogP contribution in [0.5, 0.6) is 0 Å². The first-order valence-electron chi connectivity index (χ1n) is 23.7. The number of benzene rings is 3. The van der Waals surface area contributed by atoms with E-state index in [9.17, 15) is 19.2 Å². The van der Waals surface area contributed by atoms with Gasteiger partial charge in [0, 0.05) is 95.5 Å². The summed E-state index contributed by atoms with van der Waals surface area (Å²) in [4.78, 5) is 60.8. The number of carbonyl (C=O) groups is 4. The van der Waals surface area contributed by atoms with Gasteiger partial charge in [0.1, 0.15) is 0 Å². The molecule has 2 aromatic heterocycles. The summed E-state index contributed by atoms with van der Waals surface area (Å²) in [7, 11) is 10.4. The molecule has 4 N–H and O–H groups in total. The lowest BCUT2D eigenvalue weighted by molar-refractivity contribution is -0.132. The third-order valence-corrected chi connectivity index (χ3v) is 15.7. The number of rotatable bonds is 18. The average Bonchev–Trinajstić information content (AvgIpc) is 4.03. The van der Waals surface area contributed by atoms with Crippen LogP contribution in [0.15, 0.2) is 96.5 Å². The van der Waals surface area contributed by atoms with Crippen LogP contribution in [0.25, 0.3) is 10.9 Å². The molecule has 11 nitrogen and oxygen atoms in total. The predicted molar refractivity (Wildman–Crippen MR) is 273 cm³/mol. The van der Waals surface area contributed by atoms with Gasteiger partial charge in [-0.2, -0.15) is 0 Å². The molecular weight excluding hydrogens is 902 g/mol. The summed E-state index contributed by atoms with van der Waals surface area (Å²) in [5, 5.41) is 13.7. The van der Waals surface area contributed by atoms with Gasteiger partial charge in [-0.15, -0.1) is 11.3 Å². The first-order chi connectivity index (χ1) is 32.2. The summed E-state index contributed by atoms with van der Waals surface area (Å²) < 4.78 is 0. The topological polar surface area (TPSA) is 130 Å². The zero-order valence-corrected chi connectivity index (χ0v) is 42.2. The molecule has 0 unspecified atom stereocenters. The van der Waals surface area contributed by atoms with Crippen molar-refractivity contribution in [3.8, 4) is 0 Å². The van der Waals surface area contributed by atoms with Crippen LogP contribution in [-0.4, -0.2) is 97.2 Å². The van der Waals surface area contributed by atoms with Gasteiger partial charge >= 0.3 is 0 Å². The summed E-state index contributed by atoms with van der Waals surface area (Å²) in [5.74, 6) is -0.0860. The predicted octanol–water partition coefficient (Wildman–Crippen LogP) is 9.82. The average molecular weight is 971 g/mol. The number of nitrogens with zero attached hydrogens (tertiary/aromatic N) is 3. The van der Waals surface area contributed by atoms with Gasteiger partial charge in [-0.1, -0.05) is 77.8 Å². The number of hydrogen-bond donors (Lipinski definition) is 4. The van der Waals surface area contributed by atoms with Crippen LogP contribution < -0.4 is 16.0 Å². The van der Waals surface area contributed by atoms with Crippen molar-refractivity contribution < 1.29 is 19.2 Å². The van der Waals surface area contributed by atoms with E-state index >= 15 is 0 Å².